The minimum Gasteiger partial charge on any atom is -0.481 e. The number of rotatable bonds is 8. The molecule has 1 atom stereocenters. The zero-order valence-corrected chi connectivity index (χ0v) is 15.2. The molecule has 0 bridgehead atoms. The normalized spacial score (nSPS) is 12.6. The van der Waals surface area contributed by atoms with E-state index in [1.807, 2.05) is 0 Å². The van der Waals surface area contributed by atoms with Gasteiger partial charge in [-0.05, 0) is 38.3 Å². The fraction of sp³-hybridized carbons (Fsp3) is 0.500. The van der Waals surface area contributed by atoms with Crippen LogP contribution in [-0.2, 0) is 9.59 Å². The molecule has 0 aliphatic rings. The first-order valence-electron chi connectivity index (χ1n) is 8.23. The van der Waals surface area contributed by atoms with E-state index in [1.54, 1.807) is 13.8 Å². The van der Waals surface area contributed by atoms with Gasteiger partial charge in [-0.25, -0.2) is 8.78 Å². The number of hydrogen-bond donors (Lipinski definition) is 3. The van der Waals surface area contributed by atoms with Crippen molar-refractivity contribution < 1.29 is 28.3 Å². The molecule has 1 aromatic rings. The van der Waals surface area contributed by atoms with Crippen LogP contribution in [0.3, 0.4) is 0 Å². The minimum absolute atomic E-state index is 0.0886. The zero-order chi connectivity index (χ0) is 20.1. The number of nitrogens with one attached hydrogen (secondary N) is 2. The lowest BCUT2D eigenvalue weighted by Crippen LogP contribution is -2.50. The SMILES string of the molecule is CC(C)C(NC(=O)c1c(F)cccc1F)C(=O)NCCC(C)(C)C(=O)O. The maximum absolute atomic E-state index is 13.7. The van der Waals surface area contributed by atoms with Gasteiger partial charge in [-0.15, -0.1) is 0 Å². The fourth-order valence-electron chi connectivity index (χ4n) is 2.18. The Morgan fingerprint density at radius 1 is 1.15 bits per heavy atom. The first kappa shape index (κ1) is 21.5. The summed E-state index contributed by atoms with van der Waals surface area (Å²) >= 11 is 0. The smallest absolute Gasteiger partial charge is 0.309 e. The van der Waals surface area contributed by atoms with Gasteiger partial charge in [0, 0.05) is 6.54 Å². The molecule has 0 radical (unpaired) electrons. The maximum Gasteiger partial charge on any atom is 0.309 e. The Bertz CT molecular complexity index is 670. The molecule has 0 aromatic heterocycles. The van der Waals surface area contributed by atoms with Gasteiger partial charge in [0.25, 0.3) is 5.91 Å². The zero-order valence-electron chi connectivity index (χ0n) is 15.2. The first-order chi connectivity index (χ1) is 12.0. The van der Waals surface area contributed by atoms with Gasteiger partial charge in [0.15, 0.2) is 0 Å². The highest BCUT2D eigenvalue weighted by molar-refractivity contribution is 5.98. The van der Waals surface area contributed by atoms with Crippen LogP contribution in [0.2, 0.25) is 0 Å². The summed E-state index contributed by atoms with van der Waals surface area (Å²) in [4.78, 5) is 35.6. The summed E-state index contributed by atoms with van der Waals surface area (Å²) in [6, 6.07) is 2.03. The highest BCUT2D eigenvalue weighted by Crippen LogP contribution is 2.19. The molecular formula is C18H24F2N2O4. The second-order valence-electron chi connectivity index (χ2n) is 7.02. The van der Waals surface area contributed by atoms with E-state index >= 15 is 0 Å². The maximum atomic E-state index is 13.7. The summed E-state index contributed by atoms with van der Waals surface area (Å²) in [5.74, 6) is -4.95. The number of carbonyl (C=O) groups is 3. The number of amides is 2. The van der Waals surface area contributed by atoms with Gasteiger partial charge in [0.05, 0.1) is 5.41 Å². The van der Waals surface area contributed by atoms with Crippen molar-refractivity contribution in [2.75, 3.05) is 6.54 Å². The highest BCUT2D eigenvalue weighted by atomic mass is 19.1. The van der Waals surface area contributed by atoms with Gasteiger partial charge in [-0.2, -0.15) is 0 Å². The van der Waals surface area contributed by atoms with Gasteiger partial charge in [-0.1, -0.05) is 19.9 Å². The number of carboxylic acid groups (broad SMARTS) is 1. The molecule has 26 heavy (non-hydrogen) atoms. The second-order valence-corrected chi connectivity index (χ2v) is 7.02. The van der Waals surface area contributed by atoms with E-state index in [1.165, 1.54) is 13.8 Å². The van der Waals surface area contributed by atoms with Crippen molar-refractivity contribution in [3.8, 4) is 0 Å². The predicted molar refractivity (Wildman–Crippen MR) is 91.5 cm³/mol. The molecule has 1 rings (SSSR count). The van der Waals surface area contributed by atoms with Crippen LogP contribution in [0.25, 0.3) is 0 Å². The summed E-state index contributed by atoms with van der Waals surface area (Å²) in [6.45, 7) is 6.49. The van der Waals surface area contributed by atoms with Crippen LogP contribution in [0.1, 0.15) is 44.5 Å². The van der Waals surface area contributed by atoms with Crippen molar-refractivity contribution >= 4 is 17.8 Å². The van der Waals surface area contributed by atoms with E-state index in [9.17, 15) is 23.2 Å². The monoisotopic (exact) mass is 370 g/mol. The van der Waals surface area contributed by atoms with Gasteiger partial charge < -0.3 is 15.7 Å². The number of carbonyl (C=O) groups excluding carboxylic acids is 2. The minimum atomic E-state index is -1.03. The summed E-state index contributed by atoms with van der Waals surface area (Å²) in [5, 5.41) is 14.0. The molecule has 6 nitrogen and oxygen atoms in total. The molecule has 0 spiro atoms. The Hall–Kier alpha value is -2.51. The summed E-state index contributed by atoms with van der Waals surface area (Å²) in [7, 11) is 0. The first-order valence-corrected chi connectivity index (χ1v) is 8.23. The van der Waals surface area contributed by atoms with Gasteiger partial charge in [0.1, 0.15) is 23.2 Å². The van der Waals surface area contributed by atoms with Crippen LogP contribution in [-0.4, -0.2) is 35.5 Å². The molecule has 8 heteroatoms. The molecular weight excluding hydrogens is 346 g/mol. The molecule has 0 heterocycles. The third-order valence-corrected chi connectivity index (χ3v) is 4.05. The Morgan fingerprint density at radius 3 is 2.15 bits per heavy atom. The van der Waals surface area contributed by atoms with E-state index in [0.29, 0.717) is 0 Å². The third-order valence-electron chi connectivity index (χ3n) is 4.05. The average molecular weight is 370 g/mol. The highest BCUT2D eigenvalue weighted by Gasteiger charge is 2.29. The van der Waals surface area contributed by atoms with E-state index in [4.69, 9.17) is 5.11 Å². The standard InChI is InChI=1S/C18H24F2N2O4/c1-10(2)14(16(24)21-9-8-18(3,4)17(25)26)22-15(23)13-11(19)6-5-7-12(13)20/h5-7,10,14H,8-9H2,1-4H3,(H,21,24)(H,22,23)(H,25,26). The van der Waals surface area contributed by atoms with Crippen LogP contribution in [0, 0.1) is 23.0 Å². The quantitative estimate of drug-likeness (QED) is 0.654. The predicted octanol–water partition coefficient (Wildman–Crippen LogP) is 2.34. The molecule has 1 aromatic carbocycles. The fourth-order valence-corrected chi connectivity index (χ4v) is 2.18. The molecule has 0 aliphatic carbocycles. The van der Waals surface area contributed by atoms with Crippen LogP contribution in [0.5, 0.6) is 0 Å². The summed E-state index contributed by atoms with van der Waals surface area (Å²) in [6.07, 6.45) is 0.189. The number of aliphatic carboxylic acids is 1. The Balaban J connectivity index is 2.78. The molecule has 0 saturated carbocycles. The van der Waals surface area contributed by atoms with Crippen LogP contribution in [0.15, 0.2) is 18.2 Å². The van der Waals surface area contributed by atoms with Crippen molar-refractivity contribution in [2.24, 2.45) is 11.3 Å². The topological polar surface area (TPSA) is 95.5 Å². The molecule has 144 valence electrons. The lowest BCUT2D eigenvalue weighted by atomic mass is 9.89. The Labute approximate surface area is 151 Å². The Kier molecular flexibility index (Phi) is 7.23. The number of carboxylic acids is 1. The largest absolute Gasteiger partial charge is 0.481 e. The number of hydrogen-bond acceptors (Lipinski definition) is 3. The van der Waals surface area contributed by atoms with Crippen molar-refractivity contribution in [1.82, 2.24) is 10.6 Å². The van der Waals surface area contributed by atoms with Gasteiger partial charge >= 0.3 is 5.97 Å². The average Bonchev–Trinajstić information content (AvgIpc) is 2.51. The van der Waals surface area contributed by atoms with Crippen molar-refractivity contribution in [3.05, 3.63) is 35.4 Å². The van der Waals surface area contributed by atoms with Crippen LogP contribution < -0.4 is 10.6 Å². The van der Waals surface area contributed by atoms with Crippen LogP contribution >= 0.6 is 0 Å². The Morgan fingerprint density at radius 2 is 1.69 bits per heavy atom. The van der Waals surface area contributed by atoms with E-state index < -0.39 is 46.4 Å². The van der Waals surface area contributed by atoms with Crippen molar-refractivity contribution in [3.63, 3.8) is 0 Å². The molecule has 0 saturated heterocycles. The molecule has 1 unspecified atom stereocenters. The molecule has 2 amide bonds. The lowest BCUT2D eigenvalue weighted by Gasteiger charge is -2.24. The van der Waals surface area contributed by atoms with Crippen LogP contribution in [0.4, 0.5) is 8.78 Å². The van der Waals surface area contributed by atoms with E-state index in [-0.39, 0.29) is 18.9 Å². The summed E-state index contributed by atoms with van der Waals surface area (Å²) < 4.78 is 27.4. The second kappa shape index (κ2) is 8.73. The third kappa shape index (κ3) is 5.50. The number of benzene rings is 1. The van der Waals surface area contributed by atoms with Gasteiger partial charge in [-0.3, -0.25) is 14.4 Å². The van der Waals surface area contributed by atoms with E-state index in [0.717, 1.165) is 18.2 Å². The van der Waals surface area contributed by atoms with E-state index in [2.05, 4.69) is 10.6 Å². The van der Waals surface area contributed by atoms with Crippen molar-refractivity contribution in [1.29, 1.82) is 0 Å². The molecule has 0 aliphatic heterocycles. The molecule has 0 fully saturated rings. The summed E-state index contributed by atoms with van der Waals surface area (Å²) in [5.41, 5.74) is -1.77. The van der Waals surface area contributed by atoms with Gasteiger partial charge in [0.2, 0.25) is 5.91 Å². The number of halogens is 2. The molecule has 3 N–H and O–H groups in total. The lowest BCUT2D eigenvalue weighted by molar-refractivity contribution is -0.147. The van der Waals surface area contributed by atoms with Crippen molar-refractivity contribution in [2.45, 2.75) is 40.2 Å².